The highest BCUT2D eigenvalue weighted by Gasteiger charge is 2.23. The van der Waals surface area contributed by atoms with Crippen LogP contribution in [0, 0.1) is 11.6 Å². The van der Waals surface area contributed by atoms with Crippen LogP contribution in [0.5, 0.6) is 11.5 Å². The maximum absolute atomic E-state index is 13.8. The van der Waals surface area contributed by atoms with Gasteiger partial charge < -0.3 is 14.0 Å². The summed E-state index contributed by atoms with van der Waals surface area (Å²) >= 11 is 0. The van der Waals surface area contributed by atoms with Gasteiger partial charge in [-0.15, -0.1) is 0 Å². The molecule has 0 unspecified atom stereocenters. The number of benzene rings is 2. The number of hydrogen-bond acceptors (Lipinski definition) is 5. The Morgan fingerprint density at radius 1 is 1.07 bits per heavy atom. The Hall–Kier alpha value is -2.96. The van der Waals surface area contributed by atoms with Crippen LogP contribution in [0.25, 0.3) is 11.4 Å². The molecule has 2 aromatic carbocycles. The summed E-state index contributed by atoms with van der Waals surface area (Å²) in [6, 6.07) is 8.46. The second kappa shape index (κ2) is 7.96. The van der Waals surface area contributed by atoms with E-state index in [-0.39, 0.29) is 12.2 Å². The molecule has 0 aliphatic heterocycles. The number of aromatic nitrogens is 2. The average molecular weight is 386 g/mol. The molecule has 1 saturated carbocycles. The van der Waals surface area contributed by atoms with Gasteiger partial charge in [-0.25, -0.2) is 8.78 Å². The molecule has 0 N–H and O–H groups in total. The predicted molar refractivity (Wildman–Crippen MR) is 98.2 cm³/mol. The number of methoxy groups -OCH3 is 1. The molecule has 146 valence electrons. The van der Waals surface area contributed by atoms with E-state index in [1.807, 2.05) is 0 Å². The summed E-state index contributed by atoms with van der Waals surface area (Å²) < 4.78 is 43.5. The van der Waals surface area contributed by atoms with Gasteiger partial charge in [-0.3, -0.25) is 0 Å². The zero-order valence-corrected chi connectivity index (χ0v) is 15.5. The first-order valence-corrected chi connectivity index (χ1v) is 9.23. The van der Waals surface area contributed by atoms with Crippen molar-refractivity contribution < 1.29 is 22.8 Å². The molecule has 7 heteroatoms. The first-order chi connectivity index (χ1) is 13.6. The second-order valence-corrected chi connectivity index (χ2v) is 6.83. The molecule has 3 aromatic rings. The third-order valence-electron chi connectivity index (χ3n) is 4.96. The summed E-state index contributed by atoms with van der Waals surface area (Å²) in [6.07, 6.45) is 4.53. The van der Waals surface area contributed by atoms with E-state index < -0.39 is 11.6 Å². The standard InChI is InChI=1S/C21H20F2N2O3/c1-26-19-11-14(20-24-21(28-25-20)13-4-2-3-5-13)6-9-18(19)27-12-15-10-16(22)7-8-17(15)23/h6-11,13H,2-5,12H2,1H3. The summed E-state index contributed by atoms with van der Waals surface area (Å²) in [7, 11) is 1.51. The molecule has 0 spiro atoms. The summed E-state index contributed by atoms with van der Waals surface area (Å²) in [6.45, 7) is -0.118. The van der Waals surface area contributed by atoms with Crippen LogP contribution < -0.4 is 9.47 Å². The minimum atomic E-state index is -0.525. The van der Waals surface area contributed by atoms with Crippen molar-refractivity contribution in [2.24, 2.45) is 0 Å². The van der Waals surface area contributed by atoms with Crippen molar-refractivity contribution in [2.45, 2.75) is 38.2 Å². The first kappa shape index (κ1) is 18.4. The summed E-state index contributed by atoms with van der Waals surface area (Å²) in [5.74, 6) is 1.32. The highest BCUT2D eigenvalue weighted by molar-refractivity contribution is 5.60. The van der Waals surface area contributed by atoms with Crippen molar-refractivity contribution in [1.82, 2.24) is 10.1 Å². The van der Waals surface area contributed by atoms with E-state index in [1.165, 1.54) is 20.0 Å². The molecular weight excluding hydrogens is 366 g/mol. The van der Waals surface area contributed by atoms with Gasteiger partial charge in [0.2, 0.25) is 11.7 Å². The first-order valence-electron chi connectivity index (χ1n) is 9.23. The predicted octanol–water partition coefficient (Wildman–Crippen LogP) is 5.26. The van der Waals surface area contributed by atoms with Gasteiger partial charge in [0.25, 0.3) is 0 Å². The molecule has 0 atom stereocenters. The summed E-state index contributed by atoms with van der Waals surface area (Å²) in [5, 5.41) is 4.08. The molecule has 5 nitrogen and oxygen atoms in total. The molecule has 0 bridgehead atoms. The average Bonchev–Trinajstić information content (AvgIpc) is 3.40. The Kier molecular flexibility index (Phi) is 5.23. The lowest BCUT2D eigenvalue weighted by Gasteiger charge is -2.12. The summed E-state index contributed by atoms with van der Waals surface area (Å²) in [5.41, 5.74) is 0.861. The number of rotatable bonds is 6. The number of hydrogen-bond donors (Lipinski definition) is 0. The molecule has 0 saturated heterocycles. The number of halogens is 2. The van der Waals surface area contributed by atoms with Crippen LogP contribution in [-0.2, 0) is 6.61 Å². The minimum Gasteiger partial charge on any atom is -0.493 e. The highest BCUT2D eigenvalue weighted by atomic mass is 19.1. The molecule has 1 heterocycles. The lowest BCUT2D eigenvalue weighted by Crippen LogP contribution is -2.01. The van der Waals surface area contributed by atoms with Gasteiger partial charge in [-0.2, -0.15) is 4.98 Å². The Labute approximate surface area is 161 Å². The van der Waals surface area contributed by atoms with Gasteiger partial charge in [0.1, 0.15) is 18.2 Å². The van der Waals surface area contributed by atoms with Gasteiger partial charge >= 0.3 is 0 Å². The van der Waals surface area contributed by atoms with E-state index in [2.05, 4.69) is 10.1 Å². The summed E-state index contributed by atoms with van der Waals surface area (Å²) in [4.78, 5) is 4.52. The van der Waals surface area contributed by atoms with Crippen molar-refractivity contribution in [2.75, 3.05) is 7.11 Å². The SMILES string of the molecule is COc1cc(-c2noc(C3CCCC3)n2)ccc1OCc1cc(F)ccc1F. The Bertz CT molecular complexity index is 968. The molecule has 28 heavy (non-hydrogen) atoms. The number of ether oxygens (including phenoxy) is 2. The lowest BCUT2D eigenvalue weighted by atomic mass is 10.1. The molecule has 1 aromatic heterocycles. The maximum atomic E-state index is 13.8. The van der Waals surface area contributed by atoms with Crippen molar-refractivity contribution in [3.8, 4) is 22.9 Å². The Balaban J connectivity index is 1.52. The van der Waals surface area contributed by atoms with Crippen LogP contribution in [0.15, 0.2) is 40.9 Å². The normalized spacial score (nSPS) is 14.4. The van der Waals surface area contributed by atoms with Gasteiger partial charge in [0.15, 0.2) is 11.5 Å². The molecule has 1 fully saturated rings. The molecule has 1 aliphatic rings. The molecular formula is C21H20F2N2O3. The lowest BCUT2D eigenvalue weighted by molar-refractivity contribution is 0.279. The Morgan fingerprint density at radius 3 is 2.68 bits per heavy atom. The minimum absolute atomic E-state index is 0.118. The van der Waals surface area contributed by atoms with Gasteiger partial charge in [-0.1, -0.05) is 18.0 Å². The van der Waals surface area contributed by atoms with E-state index in [1.54, 1.807) is 18.2 Å². The monoisotopic (exact) mass is 386 g/mol. The molecule has 0 amide bonds. The fraction of sp³-hybridized carbons (Fsp3) is 0.333. The van der Waals surface area contributed by atoms with Crippen LogP contribution in [0.3, 0.4) is 0 Å². The Morgan fingerprint density at radius 2 is 1.89 bits per heavy atom. The zero-order valence-electron chi connectivity index (χ0n) is 15.5. The number of nitrogens with zero attached hydrogens (tertiary/aromatic N) is 2. The van der Waals surface area contributed by atoms with Crippen molar-refractivity contribution in [3.63, 3.8) is 0 Å². The van der Waals surface area contributed by atoms with E-state index >= 15 is 0 Å². The van der Waals surface area contributed by atoms with Gasteiger partial charge in [-0.05, 0) is 49.2 Å². The van der Waals surface area contributed by atoms with Crippen molar-refractivity contribution in [3.05, 3.63) is 59.5 Å². The largest absolute Gasteiger partial charge is 0.493 e. The van der Waals surface area contributed by atoms with E-state index in [9.17, 15) is 8.78 Å². The van der Waals surface area contributed by atoms with Crippen LogP contribution >= 0.6 is 0 Å². The smallest absolute Gasteiger partial charge is 0.230 e. The van der Waals surface area contributed by atoms with E-state index in [0.29, 0.717) is 29.1 Å². The third kappa shape index (κ3) is 3.83. The van der Waals surface area contributed by atoms with Crippen molar-refractivity contribution >= 4 is 0 Å². The van der Waals surface area contributed by atoms with Crippen LogP contribution in [0.1, 0.15) is 43.1 Å². The fourth-order valence-corrected chi connectivity index (χ4v) is 3.43. The fourth-order valence-electron chi connectivity index (χ4n) is 3.43. The van der Waals surface area contributed by atoms with Crippen LogP contribution in [-0.4, -0.2) is 17.3 Å². The van der Waals surface area contributed by atoms with Crippen molar-refractivity contribution in [1.29, 1.82) is 0 Å². The van der Waals surface area contributed by atoms with E-state index in [0.717, 1.165) is 36.6 Å². The van der Waals surface area contributed by atoms with Gasteiger partial charge in [0.05, 0.1) is 7.11 Å². The third-order valence-corrected chi connectivity index (χ3v) is 4.96. The molecule has 4 rings (SSSR count). The molecule has 0 radical (unpaired) electrons. The molecule has 1 aliphatic carbocycles. The highest BCUT2D eigenvalue weighted by Crippen LogP contribution is 2.36. The quantitative estimate of drug-likeness (QED) is 0.578. The van der Waals surface area contributed by atoms with Crippen LogP contribution in [0.4, 0.5) is 8.78 Å². The van der Waals surface area contributed by atoms with Crippen LogP contribution in [0.2, 0.25) is 0 Å². The van der Waals surface area contributed by atoms with Gasteiger partial charge in [0, 0.05) is 17.0 Å². The zero-order chi connectivity index (χ0) is 19.5. The van der Waals surface area contributed by atoms with E-state index in [4.69, 9.17) is 14.0 Å². The topological polar surface area (TPSA) is 57.4 Å². The maximum Gasteiger partial charge on any atom is 0.230 e. The second-order valence-electron chi connectivity index (χ2n) is 6.83.